The lowest BCUT2D eigenvalue weighted by atomic mass is 10.1. The van der Waals surface area contributed by atoms with E-state index in [0.717, 1.165) is 12.5 Å². The van der Waals surface area contributed by atoms with Crippen molar-refractivity contribution < 1.29 is 9.31 Å². The van der Waals surface area contributed by atoms with Crippen molar-refractivity contribution in [3.8, 4) is 11.3 Å². The molecule has 0 atom stereocenters. The third-order valence-corrected chi connectivity index (χ3v) is 3.05. The topological polar surface area (TPSA) is 68.1 Å². The van der Waals surface area contributed by atoms with E-state index < -0.39 is 10.7 Å². The van der Waals surface area contributed by atoms with Gasteiger partial charge in [0.2, 0.25) is 0 Å². The minimum atomic E-state index is -0.647. The summed E-state index contributed by atoms with van der Waals surface area (Å²) in [5, 5.41) is 14.3. The maximum atomic E-state index is 14.0. The fourth-order valence-corrected chi connectivity index (χ4v) is 1.99. The molecule has 0 unspecified atom stereocenters. The molecule has 0 fully saturated rings. The van der Waals surface area contributed by atoms with Gasteiger partial charge in [-0.25, -0.2) is 9.37 Å². The van der Waals surface area contributed by atoms with Crippen LogP contribution in [0.4, 0.5) is 15.9 Å². The van der Waals surface area contributed by atoms with E-state index in [1.807, 2.05) is 6.92 Å². The quantitative estimate of drug-likeness (QED) is 0.661. The molecule has 1 aromatic heterocycles. The van der Waals surface area contributed by atoms with Crippen LogP contribution in [-0.4, -0.2) is 16.5 Å². The number of aromatic nitrogens is 1. The van der Waals surface area contributed by atoms with Crippen LogP contribution in [0.5, 0.6) is 0 Å². The van der Waals surface area contributed by atoms with Gasteiger partial charge in [0.25, 0.3) is 5.69 Å². The summed E-state index contributed by atoms with van der Waals surface area (Å²) in [6.07, 6.45) is 0.878. The molecule has 0 radical (unpaired) electrons. The Morgan fingerprint density at radius 3 is 2.76 bits per heavy atom. The Hall–Kier alpha value is -2.21. The van der Waals surface area contributed by atoms with Crippen LogP contribution < -0.4 is 5.32 Å². The lowest BCUT2D eigenvalue weighted by Gasteiger charge is -2.08. The molecular formula is C14H13ClFN3O2. The van der Waals surface area contributed by atoms with Gasteiger partial charge in [0.15, 0.2) is 5.69 Å². The molecule has 0 saturated carbocycles. The van der Waals surface area contributed by atoms with E-state index in [1.54, 1.807) is 0 Å². The van der Waals surface area contributed by atoms with Gasteiger partial charge >= 0.3 is 0 Å². The van der Waals surface area contributed by atoms with Crippen LogP contribution in [0.3, 0.4) is 0 Å². The summed E-state index contributed by atoms with van der Waals surface area (Å²) in [5.41, 5.74) is -0.222. The highest BCUT2D eigenvalue weighted by atomic mass is 35.5. The maximum absolute atomic E-state index is 14.0. The number of hydrogen-bond acceptors (Lipinski definition) is 4. The highest BCUT2D eigenvalue weighted by Crippen LogP contribution is 2.32. The van der Waals surface area contributed by atoms with Gasteiger partial charge in [0.1, 0.15) is 11.6 Å². The molecule has 5 nitrogen and oxygen atoms in total. The molecule has 1 N–H and O–H groups in total. The van der Waals surface area contributed by atoms with E-state index >= 15 is 0 Å². The molecule has 2 rings (SSSR count). The third kappa shape index (κ3) is 3.46. The standard InChI is InChI=1S/C14H13ClFN3O2/c1-2-7-17-13-6-5-12(19(20)21)14(18-13)10-4-3-9(15)8-11(10)16/h3-6,8H,2,7H2,1H3,(H,17,18). The Bertz CT molecular complexity index is 679. The average Bonchev–Trinajstić information content (AvgIpc) is 2.44. The van der Waals surface area contributed by atoms with E-state index in [9.17, 15) is 14.5 Å². The Kier molecular flexibility index (Phi) is 4.70. The molecule has 0 bridgehead atoms. The number of nitrogens with one attached hydrogen (secondary N) is 1. The summed E-state index contributed by atoms with van der Waals surface area (Å²) in [4.78, 5) is 14.7. The minimum absolute atomic E-state index is 0.0183. The summed E-state index contributed by atoms with van der Waals surface area (Å²) in [5.74, 6) is -0.183. The van der Waals surface area contributed by atoms with E-state index in [1.165, 1.54) is 24.3 Å². The largest absolute Gasteiger partial charge is 0.370 e. The van der Waals surface area contributed by atoms with Crippen molar-refractivity contribution in [3.05, 3.63) is 51.3 Å². The Balaban J connectivity index is 2.54. The molecule has 2 aromatic rings. The first kappa shape index (κ1) is 15.2. The van der Waals surface area contributed by atoms with Crippen LogP contribution in [0.2, 0.25) is 5.02 Å². The van der Waals surface area contributed by atoms with Crippen LogP contribution >= 0.6 is 11.6 Å². The summed E-state index contributed by atoms with van der Waals surface area (Å²) < 4.78 is 14.0. The molecule has 0 aliphatic rings. The van der Waals surface area contributed by atoms with Gasteiger partial charge in [0, 0.05) is 23.2 Å². The van der Waals surface area contributed by atoms with Crippen LogP contribution in [0.1, 0.15) is 13.3 Å². The highest BCUT2D eigenvalue weighted by molar-refractivity contribution is 6.30. The predicted molar refractivity (Wildman–Crippen MR) is 80.1 cm³/mol. The number of nitrogens with zero attached hydrogens (tertiary/aromatic N) is 2. The monoisotopic (exact) mass is 309 g/mol. The van der Waals surface area contributed by atoms with Crippen LogP contribution in [-0.2, 0) is 0 Å². The summed E-state index contributed by atoms with van der Waals surface area (Å²) in [6, 6.07) is 6.78. The van der Waals surface area contributed by atoms with Gasteiger partial charge < -0.3 is 5.32 Å². The van der Waals surface area contributed by atoms with E-state index in [0.29, 0.717) is 12.4 Å². The summed E-state index contributed by atoms with van der Waals surface area (Å²) in [7, 11) is 0. The van der Waals surface area contributed by atoms with Gasteiger partial charge in [-0.2, -0.15) is 0 Å². The number of benzene rings is 1. The maximum Gasteiger partial charge on any atom is 0.295 e. The predicted octanol–water partition coefficient (Wildman–Crippen LogP) is 4.27. The van der Waals surface area contributed by atoms with Crippen molar-refractivity contribution >= 4 is 23.1 Å². The second-order valence-corrected chi connectivity index (χ2v) is 4.81. The third-order valence-electron chi connectivity index (χ3n) is 2.81. The Morgan fingerprint density at radius 1 is 1.38 bits per heavy atom. The highest BCUT2D eigenvalue weighted by Gasteiger charge is 2.20. The SMILES string of the molecule is CCCNc1ccc([N+](=O)[O-])c(-c2ccc(Cl)cc2F)n1. The van der Waals surface area contributed by atoms with E-state index in [2.05, 4.69) is 10.3 Å². The molecular weight excluding hydrogens is 297 g/mol. The van der Waals surface area contributed by atoms with Gasteiger partial charge in [-0.3, -0.25) is 10.1 Å². The Labute approximate surface area is 125 Å². The smallest absolute Gasteiger partial charge is 0.295 e. The first-order chi connectivity index (χ1) is 10.0. The second-order valence-electron chi connectivity index (χ2n) is 4.37. The zero-order chi connectivity index (χ0) is 15.4. The van der Waals surface area contributed by atoms with Crippen molar-refractivity contribution in [2.75, 3.05) is 11.9 Å². The molecule has 0 amide bonds. The lowest BCUT2D eigenvalue weighted by molar-refractivity contribution is -0.384. The van der Waals surface area contributed by atoms with Gasteiger partial charge in [-0.05, 0) is 30.7 Å². The van der Waals surface area contributed by atoms with Gasteiger partial charge in [-0.1, -0.05) is 18.5 Å². The average molecular weight is 310 g/mol. The second kappa shape index (κ2) is 6.49. The summed E-state index contributed by atoms with van der Waals surface area (Å²) in [6.45, 7) is 2.66. The number of nitro groups is 1. The van der Waals surface area contributed by atoms with Gasteiger partial charge in [0.05, 0.1) is 4.92 Å². The first-order valence-electron chi connectivity index (χ1n) is 6.37. The minimum Gasteiger partial charge on any atom is -0.370 e. The van der Waals surface area contributed by atoms with Crippen LogP contribution in [0.15, 0.2) is 30.3 Å². The number of hydrogen-bond donors (Lipinski definition) is 1. The molecule has 0 saturated heterocycles. The number of rotatable bonds is 5. The normalized spacial score (nSPS) is 10.4. The van der Waals surface area contributed by atoms with Crippen molar-refractivity contribution in [2.24, 2.45) is 0 Å². The molecule has 21 heavy (non-hydrogen) atoms. The molecule has 110 valence electrons. The summed E-state index contributed by atoms with van der Waals surface area (Å²) >= 11 is 5.70. The fourth-order valence-electron chi connectivity index (χ4n) is 1.83. The lowest BCUT2D eigenvalue weighted by Crippen LogP contribution is -2.04. The molecule has 7 heteroatoms. The molecule has 0 aliphatic heterocycles. The number of pyridine rings is 1. The zero-order valence-electron chi connectivity index (χ0n) is 11.3. The van der Waals surface area contributed by atoms with Gasteiger partial charge in [-0.15, -0.1) is 0 Å². The van der Waals surface area contributed by atoms with E-state index in [-0.39, 0.29) is 22.0 Å². The van der Waals surface area contributed by atoms with Crippen molar-refractivity contribution in [1.29, 1.82) is 0 Å². The fraction of sp³-hybridized carbons (Fsp3) is 0.214. The first-order valence-corrected chi connectivity index (χ1v) is 6.75. The molecule has 1 aromatic carbocycles. The Morgan fingerprint density at radius 2 is 2.14 bits per heavy atom. The van der Waals surface area contributed by atoms with Crippen molar-refractivity contribution in [2.45, 2.75) is 13.3 Å². The molecule has 0 aliphatic carbocycles. The zero-order valence-corrected chi connectivity index (χ0v) is 12.0. The van der Waals surface area contributed by atoms with Crippen molar-refractivity contribution in [3.63, 3.8) is 0 Å². The van der Waals surface area contributed by atoms with Crippen LogP contribution in [0, 0.1) is 15.9 Å². The van der Waals surface area contributed by atoms with Crippen LogP contribution in [0.25, 0.3) is 11.3 Å². The van der Waals surface area contributed by atoms with Crippen molar-refractivity contribution in [1.82, 2.24) is 4.98 Å². The van der Waals surface area contributed by atoms with E-state index in [4.69, 9.17) is 11.6 Å². The number of halogens is 2. The molecule has 1 heterocycles. The molecule has 0 spiro atoms. The number of anilines is 1.